The number of benzene rings is 1. The van der Waals surface area contributed by atoms with Gasteiger partial charge in [0.2, 0.25) is 5.91 Å². The van der Waals surface area contributed by atoms with E-state index in [0.717, 1.165) is 31.6 Å². The number of rotatable bonds is 7. The highest BCUT2D eigenvalue weighted by molar-refractivity contribution is 5.94. The van der Waals surface area contributed by atoms with Crippen LogP contribution < -0.4 is 10.6 Å². The third-order valence-electron chi connectivity index (χ3n) is 4.51. The Morgan fingerprint density at radius 2 is 2.00 bits per heavy atom. The normalized spacial score (nSPS) is 17.1. The molecule has 1 saturated heterocycles. The molecule has 2 rings (SSSR count). The average molecular weight is 331 g/mol. The molecule has 1 aromatic carbocycles. The Morgan fingerprint density at radius 1 is 1.29 bits per heavy atom. The summed E-state index contributed by atoms with van der Waals surface area (Å²) >= 11 is 0. The molecule has 0 aliphatic carbocycles. The van der Waals surface area contributed by atoms with Crippen LogP contribution in [-0.2, 0) is 11.3 Å². The molecule has 1 heterocycles. The zero-order chi connectivity index (χ0) is 17.5. The van der Waals surface area contributed by atoms with Crippen molar-refractivity contribution in [1.29, 1.82) is 0 Å². The van der Waals surface area contributed by atoms with E-state index >= 15 is 0 Å². The van der Waals surface area contributed by atoms with Gasteiger partial charge in [0.15, 0.2) is 0 Å². The van der Waals surface area contributed by atoms with E-state index < -0.39 is 0 Å². The van der Waals surface area contributed by atoms with Gasteiger partial charge in [0.1, 0.15) is 0 Å². The van der Waals surface area contributed by atoms with E-state index in [-0.39, 0.29) is 17.7 Å². The largest absolute Gasteiger partial charge is 0.352 e. The van der Waals surface area contributed by atoms with Crippen molar-refractivity contribution < 1.29 is 9.59 Å². The molecule has 132 valence electrons. The van der Waals surface area contributed by atoms with Gasteiger partial charge in [-0.05, 0) is 49.5 Å². The van der Waals surface area contributed by atoms with Crippen LogP contribution in [0.2, 0.25) is 0 Å². The predicted molar refractivity (Wildman–Crippen MR) is 95.7 cm³/mol. The number of nitrogens with zero attached hydrogens (tertiary/aromatic N) is 1. The van der Waals surface area contributed by atoms with Crippen molar-refractivity contribution in [2.24, 2.45) is 11.8 Å². The minimum absolute atomic E-state index is 0.00452. The summed E-state index contributed by atoms with van der Waals surface area (Å²) in [7, 11) is 1.81. The van der Waals surface area contributed by atoms with Crippen molar-refractivity contribution >= 4 is 11.8 Å². The third-order valence-corrected chi connectivity index (χ3v) is 4.51. The highest BCUT2D eigenvalue weighted by Crippen LogP contribution is 2.12. The molecule has 1 aliphatic heterocycles. The fourth-order valence-electron chi connectivity index (χ4n) is 3.01. The molecule has 0 bridgehead atoms. The van der Waals surface area contributed by atoms with Crippen molar-refractivity contribution in [2.75, 3.05) is 26.7 Å². The van der Waals surface area contributed by atoms with Crippen LogP contribution in [0, 0.1) is 11.8 Å². The van der Waals surface area contributed by atoms with Gasteiger partial charge in [-0.25, -0.2) is 0 Å². The highest BCUT2D eigenvalue weighted by Gasteiger charge is 2.15. The van der Waals surface area contributed by atoms with Crippen LogP contribution in [0.5, 0.6) is 0 Å². The number of amides is 2. The summed E-state index contributed by atoms with van der Waals surface area (Å²) in [6.45, 7) is 7.23. The highest BCUT2D eigenvalue weighted by atomic mass is 16.2. The first-order valence-corrected chi connectivity index (χ1v) is 8.80. The molecule has 0 spiro atoms. The quantitative estimate of drug-likeness (QED) is 0.804. The molecule has 1 unspecified atom stereocenters. The van der Waals surface area contributed by atoms with Gasteiger partial charge in [-0.3, -0.25) is 9.59 Å². The Bertz CT molecular complexity index is 548. The van der Waals surface area contributed by atoms with Gasteiger partial charge < -0.3 is 15.5 Å². The third kappa shape index (κ3) is 5.34. The molecule has 0 saturated carbocycles. The first-order chi connectivity index (χ1) is 11.5. The number of nitrogens with one attached hydrogen (secondary N) is 2. The lowest BCUT2D eigenvalue weighted by atomic mass is 10.1. The van der Waals surface area contributed by atoms with Gasteiger partial charge in [-0.15, -0.1) is 0 Å². The van der Waals surface area contributed by atoms with E-state index in [1.54, 1.807) is 11.9 Å². The molecule has 1 atom stereocenters. The lowest BCUT2D eigenvalue weighted by Crippen LogP contribution is -2.30. The van der Waals surface area contributed by atoms with Crippen molar-refractivity contribution in [2.45, 2.75) is 33.2 Å². The first-order valence-electron chi connectivity index (χ1n) is 8.80. The van der Waals surface area contributed by atoms with Crippen molar-refractivity contribution in [1.82, 2.24) is 15.5 Å². The average Bonchev–Trinajstić information content (AvgIpc) is 3.08. The van der Waals surface area contributed by atoms with Gasteiger partial charge in [0.25, 0.3) is 5.91 Å². The monoisotopic (exact) mass is 331 g/mol. The minimum atomic E-state index is -0.0286. The van der Waals surface area contributed by atoms with Crippen LogP contribution in [0.3, 0.4) is 0 Å². The molecule has 1 aliphatic rings. The van der Waals surface area contributed by atoms with Crippen LogP contribution in [-0.4, -0.2) is 43.4 Å². The van der Waals surface area contributed by atoms with E-state index in [0.29, 0.717) is 18.0 Å². The van der Waals surface area contributed by atoms with E-state index in [2.05, 4.69) is 10.6 Å². The molecule has 24 heavy (non-hydrogen) atoms. The van der Waals surface area contributed by atoms with Crippen LogP contribution >= 0.6 is 0 Å². The maximum atomic E-state index is 12.2. The number of carbonyl (C=O) groups excluding carboxylic acids is 2. The van der Waals surface area contributed by atoms with Crippen molar-refractivity contribution in [3.8, 4) is 0 Å². The van der Waals surface area contributed by atoms with Gasteiger partial charge in [0.05, 0.1) is 0 Å². The molecule has 0 aromatic heterocycles. The van der Waals surface area contributed by atoms with E-state index in [4.69, 9.17) is 0 Å². The summed E-state index contributed by atoms with van der Waals surface area (Å²) < 4.78 is 0. The van der Waals surface area contributed by atoms with Gasteiger partial charge in [-0.2, -0.15) is 0 Å². The lowest BCUT2D eigenvalue weighted by molar-refractivity contribution is -0.133. The zero-order valence-electron chi connectivity index (χ0n) is 15.0. The second kappa shape index (κ2) is 8.83. The SMILES string of the molecule is CC(C)C(=O)N(C)Cc1ccc(C(=O)NCCC2CCNC2)cc1. The Labute approximate surface area is 144 Å². The van der Waals surface area contributed by atoms with Crippen LogP contribution in [0.1, 0.15) is 42.6 Å². The second-order valence-electron chi connectivity index (χ2n) is 6.95. The summed E-state index contributed by atoms with van der Waals surface area (Å²) in [4.78, 5) is 25.8. The second-order valence-corrected chi connectivity index (χ2v) is 6.95. The molecule has 0 radical (unpaired) electrons. The topological polar surface area (TPSA) is 61.4 Å². The fraction of sp³-hybridized carbons (Fsp3) is 0.579. The molecule has 2 N–H and O–H groups in total. The number of carbonyl (C=O) groups is 2. The maximum absolute atomic E-state index is 12.2. The van der Waals surface area contributed by atoms with Crippen molar-refractivity contribution in [3.63, 3.8) is 0 Å². The zero-order valence-corrected chi connectivity index (χ0v) is 15.0. The molecule has 1 fully saturated rings. The van der Waals surface area contributed by atoms with Crippen LogP contribution in [0.4, 0.5) is 0 Å². The summed E-state index contributed by atoms with van der Waals surface area (Å²) in [5, 5.41) is 6.33. The summed E-state index contributed by atoms with van der Waals surface area (Å²) in [5.74, 6) is 0.772. The molecular weight excluding hydrogens is 302 g/mol. The molecule has 1 aromatic rings. The molecular formula is C19H29N3O2. The van der Waals surface area contributed by atoms with Gasteiger partial charge in [0, 0.05) is 31.6 Å². The Morgan fingerprint density at radius 3 is 2.58 bits per heavy atom. The Kier molecular flexibility index (Phi) is 6.79. The van der Waals surface area contributed by atoms with Crippen LogP contribution in [0.25, 0.3) is 0 Å². The number of hydrogen-bond acceptors (Lipinski definition) is 3. The van der Waals surface area contributed by atoms with Crippen LogP contribution in [0.15, 0.2) is 24.3 Å². The molecule has 2 amide bonds. The van der Waals surface area contributed by atoms with E-state index in [1.807, 2.05) is 38.1 Å². The summed E-state index contributed by atoms with van der Waals surface area (Å²) in [5.41, 5.74) is 1.70. The van der Waals surface area contributed by atoms with E-state index in [1.165, 1.54) is 6.42 Å². The lowest BCUT2D eigenvalue weighted by Gasteiger charge is -2.19. The van der Waals surface area contributed by atoms with Crippen molar-refractivity contribution in [3.05, 3.63) is 35.4 Å². The predicted octanol–water partition coefficient (Wildman–Crippen LogP) is 2.03. The standard InChI is InChI=1S/C19H29N3O2/c1-14(2)19(24)22(3)13-16-4-6-17(7-5-16)18(23)21-11-9-15-8-10-20-12-15/h4-7,14-15,20H,8-13H2,1-3H3,(H,21,23). The minimum Gasteiger partial charge on any atom is -0.352 e. The Balaban J connectivity index is 1.79. The first kappa shape index (κ1) is 18.5. The smallest absolute Gasteiger partial charge is 0.251 e. The van der Waals surface area contributed by atoms with E-state index in [9.17, 15) is 9.59 Å². The maximum Gasteiger partial charge on any atom is 0.251 e. The van der Waals surface area contributed by atoms with Gasteiger partial charge in [-0.1, -0.05) is 26.0 Å². The number of hydrogen-bond donors (Lipinski definition) is 2. The summed E-state index contributed by atoms with van der Waals surface area (Å²) in [6, 6.07) is 7.49. The summed E-state index contributed by atoms with van der Waals surface area (Å²) in [6.07, 6.45) is 2.23. The van der Waals surface area contributed by atoms with Gasteiger partial charge >= 0.3 is 0 Å². The molecule has 5 nitrogen and oxygen atoms in total. The Hall–Kier alpha value is -1.88. The fourth-order valence-corrected chi connectivity index (χ4v) is 3.01. The molecule has 5 heteroatoms.